The van der Waals surface area contributed by atoms with E-state index in [1.165, 1.54) is 30.3 Å². The Morgan fingerprint density at radius 1 is 1.12 bits per heavy atom. The van der Waals surface area contributed by atoms with Crippen LogP contribution in [0.2, 0.25) is 5.02 Å². The van der Waals surface area contributed by atoms with E-state index in [1.807, 2.05) is 0 Å². The quantitative estimate of drug-likeness (QED) is 0.468. The Morgan fingerprint density at radius 2 is 1.85 bits per heavy atom. The fourth-order valence-electron chi connectivity index (χ4n) is 3.04. The van der Waals surface area contributed by atoms with Crippen molar-refractivity contribution in [3.8, 4) is 0 Å². The monoisotopic (exact) mass is 371 g/mol. The molecule has 9 heteroatoms. The number of hydrogen-bond donors (Lipinski definition) is 0. The number of hydrogen-bond acceptors (Lipinski definition) is 6. The summed E-state index contributed by atoms with van der Waals surface area (Å²) in [5, 5.41) is 15.0. The van der Waals surface area contributed by atoms with Crippen molar-refractivity contribution in [3.05, 3.63) is 69.2 Å². The van der Waals surface area contributed by atoms with Crippen molar-refractivity contribution in [3.63, 3.8) is 0 Å². The summed E-state index contributed by atoms with van der Waals surface area (Å²) < 4.78 is 0. The van der Waals surface area contributed by atoms with E-state index in [9.17, 15) is 19.7 Å². The van der Waals surface area contributed by atoms with Crippen molar-refractivity contribution in [2.24, 2.45) is 11.1 Å². The first-order valence-corrected chi connectivity index (χ1v) is 7.97. The number of imide groups is 1. The fourth-order valence-corrected chi connectivity index (χ4v) is 3.22. The predicted molar refractivity (Wildman–Crippen MR) is 91.9 cm³/mol. The summed E-state index contributed by atoms with van der Waals surface area (Å²) in [6.07, 6.45) is -1.05. The van der Waals surface area contributed by atoms with Crippen LogP contribution in [0.3, 0.4) is 0 Å². The molecule has 0 radical (unpaired) electrons. The van der Waals surface area contributed by atoms with Crippen molar-refractivity contribution in [2.75, 3.05) is 4.90 Å². The minimum Gasteiger partial charge on any atom is -0.381 e. The lowest BCUT2D eigenvalue weighted by atomic mass is 9.94. The predicted octanol–water partition coefficient (Wildman–Crippen LogP) is 2.54. The van der Waals surface area contributed by atoms with Crippen molar-refractivity contribution < 1.29 is 19.3 Å². The summed E-state index contributed by atoms with van der Waals surface area (Å²) in [5.74, 6) is -1.90. The van der Waals surface area contributed by atoms with Gasteiger partial charge in [-0.05, 0) is 30.3 Å². The van der Waals surface area contributed by atoms with Gasteiger partial charge in [0.15, 0.2) is 0 Å². The lowest BCUT2D eigenvalue weighted by Crippen LogP contribution is -2.33. The third kappa shape index (κ3) is 2.42. The van der Waals surface area contributed by atoms with Gasteiger partial charge in [0.25, 0.3) is 11.6 Å². The van der Waals surface area contributed by atoms with Gasteiger partial charge in [-0.15, -0.1) is 0 Å². The first-order chi connectivity index (χ1) is 12.5. The van der Waals surface area contributed by atoms with Gasteiger partial charge in [-0.2, -0.15) is 0 Å². The zero-order chi connectivity index (χ0) is 18.4. The average molecular weight is 372 g/mol. The molecule has 2 amide bonds. The van der Waals surface area contributed by atoms with Crippen molar-refractivity contribution in [1.82, 2.24) is 0 Å². The number of nitrogens with zero attached hydrogens (tertiary/aromatic N) is 3. The number of benzene rings is 2. The minimum atomic E-state index is -1.05. The Morgan fingerprint density at radius 3 is 2.50 bits per heavy atom. The van der Waals surface area contributed by atoms with E-state index in [1.54, 1.807) is 18.2 Å². The lowest BCUT2D eigenvalue weighted by molar-refractivity contribution is -0.384. The number of amides is 2. The number of fused-ring (bicyclic) bond motifs is 1. The molecule has 2 aliphatic rings. The van der Waals surface area contributed by atoms with Crippen molar-refractivity contribution in [1.29, 1.82) is 0 Å². The molecule has 2 heterocycles. The molecule has 0 aliphatic carbocycles. The molecule has 2 aromatic carbocycles. The highest BCUT2D eigenvalue weighted by Gasteiger charge is 2.56. The zero-order valence-electron chi connectivity index (χ0n) is 13.0. The maximum absolute atomic E-state index is 12.9. The van der Waals surface area contributed by atoms with Gasteiger partial charge >= 0.3 is 0 Å². The van der Waals surface area contributed by atoms with E-state index in [4.69, 9.17) is 16.4 Å². The molecule has 1 saturated heterocycles. The smallest absolute Gasteiger partial charge is 0.278 e. The Balaban J connectivity index is 1.67. The molecule has 2 aliphatic heterocycles. The van der Waals surface area contributed by atoms with Gasteiger partial charge in [0.05, 0.1) is 10.6 Å². The molecule has 0 bridgehead atoms. The Bertz CT molecular complexity index is 973. The maximum atomic E-state index is 12.9. The van der Waals surface area contributed by atoms with Crippen LogP contribution < -0.4 is 4.90 Å². The van der Waals surface area contributed by atoms with E-state index >= 15 is 0 Å². The Kier molecular flexibility index (Phi) is 3.69. The summed E-state index contributed by atoms with van der Waals surface area (Å²) in [6.45, 7) is 0. The second-order valence-corrected chi connectivity index (χ2v) is 6.21. The van der Waals surface area contributed by atoms with Crippen LogP contribution in [0, 0.1) is 16.0 Å². The van der Waals surface area contributed by atoms with Gasteiger partial charge in [-0.25, -0.2) is 4.90 Å². The van der Waals surface area contributed by atoms with E-state index in [0.717, 1.165) is 4.90 Å². The largest absolute Gasteiger partial charge is 0.381 e. The summed E-state index contributed by atoms with van der Waals surface area (Å²) in [6, 6.07) is 12.0. The highest BCUT2D eigenvalue weighted by atomic mass is 35.5. The van der Waals surface area contributed by atoms with E-state index < -0.39 is 28.8 Å². The number of non-ortho nitro benzene ring substituents is 1. The molecule has 1 fully saturated rings. The molecule has 0 aromatic heterocycles. The zero-order valence-corrected chi connectivity index (χ0v) is 13.8. The van der Waals surface area contributed by atoms with Crippen molar-refractivity contribution in [2.45, 2.75) is 6.10 Å². The van der Waals surface area contributed by atoms with E-state index in [0.29, 0.717) is 16.3 Å². The number of anilines is 1. The molecule has 8 nitrogen and oxygen atoms in total. The van der Waals surface area contributed by atoms with Crippen LogP contribution in [0.1, 0.15) is 5.56 Å². The molecule has 2 atom stereocenters. The number of nitro benzene ring substituents is 1. The van der Waals surface area contributed by atoms with Crippen molar-refractivity contribution >= 4 is 40.5 Å². The molecule has 130 valence electrons. The van der Waals surface area contributed by atoms with Crippen LogP contribution >= 0.6 is 11.6 Å². The SMILES string of the molecule is O=C1C2ON=C(c3ccc([N+](=O)[O-])cc3)C2C(=O)N1c1cccc(Cl)c1. The summed E-state index contributed by atoms with van der Waals surface area (Å²) in [5.41, 5.74) is 1.03. The Labute approximate surface area is 151 Å². The van der Waals surface area contributed by atoms with Crippen LogP contribution in [0.25, 0.3) is 0 Å². The average Bonchev–Trinajstić information content (AvgIpc) is 3.16. The highest BCUT2D eigenvalue weighted by molar-refractivity contribution is 6.34. The van der Waals surface area contributed by atoms with E-state index in [-0.39, 0.29) is 11.4 Å². The third-order valence-corrected chi connectivity index (χ3v) is 4.49. The second kappa shape index (κ2) is 5.92. The number of halogens is 1. The molecular formula is C17H10ClN3O5. The molecule has 26 heavy (non-hydrogen) atoms. The maximum Gasteiger partial charge on any atom is 0.278 e. The lowest BCUT2D eigenvalue weighted by Gasteiger charge is -2.15. The summed E-state index contributed by atoms with van der Waals surface area (Å²) in [7, 11) is 0. The number of carbonyl (C=O) groups is 2. The normalized spacial score (nSPS) is 21.4. The Hall–Kier alpha value is -3.26. The number of nitro groups is 1. The van der Waals surface area contributed by atoms with Crippen LogP contribution in [0.4, 0.5) is 11.4 Å². The molecule has 0 spiro atoms. The first kappa shape index (κ1) is 16.2. The number of carbonyl (C=O) groups excluding carboxylic acids is 2. The van der Waals surface area contributed by atoms with Gasteiger partial charge < -0.3 is 4.84 Å². The first-order valence-electron chi connectivity index (χ1n) is 7.59. The molecular weight excluding hydrogens is 362 g/mol. The van der Waals surface area contributed by atoms with Gasteiger partial charge in [-0.1, -0.05) is 22.8 Å². The molecule has 4 rings (SSSR count). The number of rotatable bonds is 3. The van der Waals surface area contributed by atoms with Crippen LogP contribution in [0.15, 0.2) is 53.7 Å². The van der Waals surface area contributed by atoms with Crippen LogP contribution in [-0.4, -0.2) is 28.6 Å². The van der Waals surface area contributed by atoms with Gasteiger partial charge in [0.2, 0.25) is 12.0 Å². The second-order valence-electron chi connectivity index (χ2n) is 5.78. The fraction of sp³-hybridized carbons (Fsp3) is 0.118. The van der Waals surface area contributed by atoms with E-state index in [2.05, 4.69) is 5.16 Å². The van der Waals surface area contributed by atoms with Crippen LogP contribution in [-0.2, 0) is 14.4 Å². The van der Waals surface area contributed by atoms with Gasteiger partial charge in [0, 0.05) is 22.7 Å². The number of oxime groups is 1. The third-order valence-electron chi connectivity index (χ3n) is 4.25. The summed E-state index contributed by atoms with van der Waals surface area (Å²) in [4.78, 5) is 41.9. The summed E-state index contributed by atoms with van der Waals surface area (Å²) >= 11 is 5.94. The van der Waals surface area contributed by atoms with Gasteiger partial charge in [0.1, 0.15) is 11.6 Å². The molecule has 2 aromatic rings. The van der Waals surface area contributed by atoms with Crippen LogP contribution in [0.5, 0.6) is 0 Å². The topological polar surface area (TPSA) is 102 Å². The minimum absolute atomic E-state index is 0.0841. The highest BCUT2D eigenvalue weighted by Crippen LogP contribution is 2.36. The standard InChI is InChI=1S/C17H10ClN3O5/c18-10-2-1-3-12(8-10)20-16(22)13-14(19-26-15(13)17(20)23)9-4-6-11(7-5-9)21(24)25/h1-8,13,15H. The van der Waals surface area contributed by atoms with Gasteiger partial charge in [-0.3, -0.25) is 19.7 Å². The molecule has 2 unspecified atom stereocenters. The molecule has 0 saturated carbocycles. The molecule has 0 N–H and O–H groups in total.